The maximum Gasteiger partial charge on any atom is 0.330 e. The van der Waals surface area contributed by atoms with Crippen LogP contribution >= 0.6 is 0 Å². The second kappa shape index (κ2) is 9.84. The number of imidazole rings is 2. The molecule has 0 spiro atoms. The molecule has 0 saturated carbocycles. The van der Waals surface area contributed by atoms with Crippen molar-refractivity contribution in [1.29, 1.82) is 5.26 Å². The van der Waals surface area contributed by atoms with E-state index in [1.54, 1.807) is 39.9 Å². The lowest BCUT2D eigenvalue weighted by molar-refractivity contribution is 0.237. The molecule has 1 aliphatic heterocycles. The Morgan fingerprint density at radius 1 is 1.18 bits per heavy atom. The molecule has 204 valence electrons. The minimum Gasteiger partial charge on any atom is -0.490 e. The summed E-state index contributed by atoms with van der Waals surface area (Å²) < 4.78 is 40.0. The lowest BCUT2D eigenvalue weighted by atomic mass is 9.99. The summed E-state index contributed by atoms with van der Waals surface area (Å²) in [7, 11) is 3.92. The molecule has 0 fully saturated rings. The maximum absolute atomic E-state index is 15.2. The van der Waals surface area contributed by atoms with E-state index in [4.69, 9.17) is 9.72 Å². The van der Waals surface area contributed by atoms with Crippen molar-refractivity contribution >= 4 is 22.2 Å². The quantitative estimate of drug-likeness (QED) is 0.321. The van der Waals surface area contributed by atoms with Crippen LogP contribution in [0.2, 0.25) is 0 Å². The number of hydrogen-bond donors (Lipinski definition) is 0. The van der Waals surface area contributed by atoms with Gasteiger partial charge in [-0.2, -0.15) is 10.2 Å². The van der Waals surface area contributed by atoms with Crippen LogP contribution in [-0.2, 0) is 6.54 Å². The van der Waals surface area contributed by atoms with Gasteiger partial charge in [0.2, 0.25) is 5.95 Å². The topological polar surface area (TPSA) is 107 Å². The Bertz CT molecular complexity index is 1870. The standard InChI is InChI=1S/C28H26F2N8O2/c1-16(13-35(2)3)14-36-23-12-32-27(37-15-33-20-7-4-17(11-31)10-22(20)37)34-26(23)38(28(36)39)21-8-9-40-25-19(30)6-5-18(29)24(21)25/h4-7,10,12,15-16,21H,8-9,13-14H2,1-3H3. The molecule has 6 rings (SSSR count). The molecule has 0 N–H and O–H groups in total. The third-order valence-corrected chi connectivity index (χ3v) is 7.13. The SMILES string of the molecule is CC(CN(C)C)Cn1c(=O)n(C2CCOc3c(F)ccc(F)c32)c2nc(-n3cnc4ccc(C#N)cc43)ncc21. The van der Waals surface area contributed by atoms with Gasteiger partial charge in [-0.15, -0.1) is 0 Å². The fraction of sp³-hybridized carbons (Fsp3) is 0.321. The summed E-state index contributed by atoms with van der Waals surface area (Å²) in [6.07, 6.45) is 3.36. The van der Waals surface area contributed by atoms with Crippen molar-refractivity contribution in [1.82, 2.24) is 33.6 Å². The van der Waals surface area contributed by atoms with E-state index in [1.807, 2.05) is 25.9 Å². The Morgan fingerprint density at radius 2 is 1.98 bits per heavy atom. The molecular formula is C28H26F2N8O2. The van der Waals surface area contributed by atoms with Crippen molar-refractivity contribution in [2.45, 2.75) is 25.9 Å². The lowest BCUT2D eigenvalue weighted by Crippen LogP contribution is -2.33. The number of fused-ring (bicyclic) bond motifs is 3. The fourth-order valence-corrected chi connectivity index (χ4v) is 5.53. The molecular weight excluding hydrogens is 518 g/mol. The van der Waals surface area contributed by atoms with Crippen LogP contribution in [0.3, 0.4) is 0 Å². The van der Waals surface area contributed by atoms with Crippen LogP contribution in [0, 0.1) is 28.9 Å². The number of nitrogens with zero attached hydrogens (tertiary/aromatic N) is 8. The van der Waals surface area contributed by atoms with E-state index in [9.17, 15) is 14.4 Å². The van der Waals surface area contributed by atoms with Gasteiger partial charge in [-0.05, 0) is 50.3 Å². The average molecular weight is 545 g/mol. The summed E-state index contributed by atoms with van der Waals surface area (Å²) >= 11 is 0. The molecule has 3 aromatic heterocycles. The molecule has 0 amide bonds. The van der Waals surface area contributed by atoms with Crippen molar-refractivity contribution in [3.8, 4) is 17.8 Å². The van der Waals surface area contributed by atoms with Crippen LogP contribution in [0.5, 0.6) is 5.75 Å². The highest BCUT2D eigenvalue weighted by atomic mass is 19.1. The van der Waals surface area contributed by atoms with Gasteiger partial charge < -0.3 is 9.64 Å². The molecule has 0 bridgehead atoms. The highest BCUT2D eigenvalue weighted by Crippen LogP contribution is 2.39. The van der Waals surface area contributed by atoms with Crippen LogP contribution in [-0.4, -0.2) is 60.8 Å². The van der Waals surface area contributed by atoms with Crippen molar-refractivity contribution in [2.24, 2.45) is 5.92 Å². The Balaban J connectivity index is 1.59. The second-order valence-corrected chi connectivity index (χ2v) is 10.4. The zero-order valence-corrected chi connectivity index (χ0v) is 22.2. The molecule has 0 radical (unpaired) electrons. The number of rotatable bonds is 6. The van der Waals surface area contributed by atoms with Gasteiger partial charge in [0.15, 0.2) is 17.2 Å². The van der Waals surface area contributed by atoms with Gasteiger partial charge in [-0.3, -0.25) is 13.7 Å². The van der Waals surface area contributed by atoms with Crippen LogP contribution in [0.1, 0.15) is 30.5 Å². The highest BCUT2D eigenvalue weighted by molar-refractivity contribution is 5.79. The van der Waals surface area contributed by atoms with E-state index in [0.29, 0.717) is 28.7 Å². The predicted molar refractivity (Wildman–Crippen MR) is 143 cm³/mol. The number of ether oxygens (including phenoxy) is 1. The van der Waals surface area contributed by atoms with Crippen LogP contribution in [0.25, 0.3) is 28.1 Å². The van der Waals surface area contributed by atoms with Crippen LogP contribution in [0.4, 0.5) is 8.78 Å². The third-order valence-electron chi connectivity index (χ3n) is 7.13. The molecule has 0 aliphatic carbocycles. The summed E-state index contributed by atoms with van der Waals surface area (Å²) in [4.78, 5) is 29.8. The molecule has 5 aromatic rings. The number of benzene rings is 2. The largest absolute Gasteiger partial charge is 0.490 e. The first-order valence-electron chi connectivity index (χ1n) is 12.9. The van der Waals surface area contributed by atoms with Crippen molar-refractivity contribution in [2.75, 3.05) is 27.2 Å². The molecule has 0 saturated heterocycles. The first-order chi connectivity index (χ1) is 19.3. The molecule has 12 heteroatoms. The van der Waals surface area contributed by atoms with Crippen molar-refractivity contribution in [3.63, 3.8) is 0 Å². The molecule has 2 unspecified atom stereocenters. The van der Waals surface area contributed by atoms with E-state index in [2.05, 4.69) is 16.0 Å². The van der Waals surface area contributed by atoms with Crippen LogP contribution < -0.4 is 10.4 Å². The minimum atomic E-state index is -0.840. The predicted octanol–water partition coefficient (Wildman–Crippen LogP) is 3.65. The summed E-state index contributed by atoms with van der Waals surface area (Å²) in [6, 6.07) is 8.43. The summed E-state index contributed by atoms with van der Waals surface area (Å²) in [5, 5.41) is 9.38. The molecule has 2 atom stereocenters. The third kappa shape index (κ3) is 4.19. The second-order valence-electron chi connectivity index (χ2n) is 10.4. The summed E-state index contributed by atoms with van der Waals surface area (Å²) in [6.45, 7) is 3.26. The highest BCUT2D eigenvalue weighted by Gasteiger charge is 2.33. The van der Waals surface area contributed by atoms with Crippen molar-refractivity contribution in [3.05, 3.63) is 76.1 Å². The van der Waals surface area contributed by atoms with Gasteiger partial charge in [-0.1, -0.05) is 6.92 Å². The van der Waals surface area contributed by atoms with Gasteiger partial charge in [0.1, 0.15) is 17.7 Å². The molecule has 2 aromatic carbocycles. The van der Waals surface area contributed by atoms with Gasteiger partial charge in [-0.25, -0.2) is 23.5 Å². The van der Waals surface area contributed by atoms with E-state index < -0.39 is 23.4 Å². The van der Waals surface area contributed by atoms with Crippen molar-refractivity contribution < 1.29 is 13.5 Å². The number of halogens is 2. The summed E-state index contributed by atoms with van der Waals surface area (Å²) in [5.74, 6) is -1.21. The zero-order chi connectivity index (χ0) is 28.1. The maximum atomic E-state index is 15.2. The van der Waals surface area contributed by atoms with E-state index >= 15 is 4.39 Å². The first kappa shape index (κ1) is 25.6. The number of hydrogen-bond acceptors (Lipinski definition) is 7. The van der Waals surface area contributed by atoms with E-state index in [0.717, 1.165) is 18.7 Å². The Kier molecular flexibility index (Phi) is 6.31. The lowest BCUT2D eigenvalue weighted by Gasteiger charge is -2.27. The van der Waals surface area contributed by atoms with Crippen LogP contribution in [0.15, 0.2) is 47.7 Å². The van der Waals surface area contributed by atoms with Gasteiger partial charge >= 0.3 is 5.69 Å². The Morgan fingerprint density at radius 3 is 2.75 bits per heavy atom. The normalized spacial score (nSPS) is 15.8. The van der Waals surface area contributed by atoms with E-state index in [1.165, 1.54) is 4.57 Å². The molecule has 1 aliphatic rings. The first-order valence-corrected chi connectivity index (χ1v) is 12.9. The molecule has 10 nitrogen and oxygen atoms in total. The smallest absolute Gasteiger partial charge is 0.330 e. The van der Waals surface area contributed by atoms with Gasteiger partial charge in [0.25, 0.3) is 0 Å². The molecule has 4 heterocycles. The average Bonchev–Trinajstić information content (AvgIpc) is 3.47. The minimum absolute atomic E-state index is 0.0133. The number of nitriles is 1. The summed E-state index contributed by atoms with van der Waals surface area (Å²) in [5.41, 5.74) is 2.07. The Hall–Kier alpha value is -4.63. The molecule has 40 heavy (non-hydrogen) atoms. The fourth-order valence-electron chi connectivity index (χ4n) is 5.53. The van der Waals surface area contributed by atoms with Gasteiger partial charge in [0, 0.05) is 19.5 Å². The zero-order valence-electron chi connectivity index (χ0n) is 22.2. The number of aromatic nitrogens is 6. The van der Waals surface area contributed by atoms with E-state index in [-0.39, 0.29) is 41.9 Å². The monoisotopic (exact) mass is 544 g/mol. The Labute approximate surface area is 227 Å². The van der Waals surface area contributed by atoms with Gasteiger partial charge in [0.05, 0.1) is 47.1 Å².